The van der Waals surface area contributed by atoms with Crippen molar-refractivity contribution in [3.63, 3.8) is 0 Å². The van der Waals surface area contributed by atoms with E-state index >= 15 is 0 Å². The minimum Gasteiger partial charge on any atom is -0.332 e. The summed E-state index contributed by atoms with van der Waals surface area (Å²) in [6.45, 7) is 5.54. The van der Waals surface area contributed by atoms with Crippen LogP contribution in [0.4, 0.5) is 0 Å². The largest absolute Gasteiger partial charge is 0.332 e. The predicted molar refractivity (Wildman–Crippen MR) is 73.7 cm³/mol. The molecule has 0 spiro atoms. The smallest absolute Gasteiger partial charge is 0.223 e. The van der Waals surface area contributed by atoms with Crippen LogP contribution in [-0.4, -0.2) is 23.9 Å². The first-order valence-electron chi connectivity index (χ1n) is 6.97. The minimum absolute atomic E-state index is 0.222. The summed E-state index contributed by atoms with van der Waals surface area (Å²) in [6.07, 6.45) is 14.2. The SMILES string of the molecule is C#CCN(CCC)C(=O)CCCCCCCC. The van der Waals surface area contributed by atoms with E-state index in [1.54, 1.807) is 4.90 Å². The Morgan fingerprint density at radius 1 is 1.06 bits per heavy atom. The zero-order chi connectivity index (χ0) is 12.9. The molecule has 2 nitrogen and oxygen atoms in total. The Hall–Kier alpha value is -0.970. The fourth-order valence-electron chi connectivity index (χ4n) is 1.89. The lowest BCUT2D eigenvalue weighted by atomic mass is 10.1. The zero-order valence-corrected chi connectivity index (χ0v) is 11.5. The maximum absolute atomic E-state index is 11.8. The number of unbranched alkanes of at least 4 members (excludes halogenated alkanes) is 5. The molecule has 0 bridgehead atoms. The number of carbonyl (C=O) groups is 1. The lowest BCUT2D eigenvalue weighted by Crippen LogP contribution is -2.31. The average molecular weight is 237 g/mol. The number of nitrogens with zero attached hydrogens (tertiary/aromatic N) is 1. The van der Waals surface area contributed by atoms with Gasteiger partial charge in [-0.05, 0) is 12.8 Å². The zero-order valence-electron chi connectivity index (χ0n) is 11.5. The van der Waals surface area contributed by atoms with Crippen LogP contribution in [0.25, 0.3) is 0 Å². The van der Waals surface area contributed by atoms with Crippen LogP contribution in [0.2, 0.25) is 0 Å². The van der Waals surface area contributed by atoms with Gasteiger partial charge in [0.15, 0.2) is 0 Å². The van der Waals surface area contributed by atoms with Crippen LogP contribution in [0.15, 0.2) is 0 Å². The van der Waals surface area contributed by atoms with Crippen LogP contribution in [0.1, 0.15) is 65.2 Å². The third-order valence-corrected chi connectivity index (χ3v) is 2.87. The van der Waals surface area contributed by atoms with Gasteiger partial charge in [-0.15, -0.1) is 6.42 Å². The van der Waals surface area contributed by atoms with Crippen molar-refractivity contribution >= 4 is 5.91 Å². The molecule has 0 aliphatic rings. The molecule has 0 aromatic rings. The maximum Gasteiger partial charge on any atom is 0.223 e. The van der Waals surface area contributed by atoms with Crippen LogP contribution in [0.3, 0.4) is 0 Å². The van der Waals surface area contributed by atoms with Crippen molar-refractivity contribution in [2.45, 2.75) is 65.2 Å². The molecule has 0 aromatic heterocycles. The van der Waals surface area contributed by atoms with Crippen molar-refractivity contribution in [1.82, 2.24) is 4.90 Å². The first-order valence-corrected chi connectivity index (χ1v) is 6.97. The molecule has 98 valence electrons. The first-order chi connectivity index (χ1) is 8.26. The molecule has 0 aromatic carbocycles. The van der Waals surface area contributed by atoms with Crippen molar-refractivity contribution in [2.75, 3.05) is 13.1 Å². The van der Waals surface area contributed by atoms with Gasteiger partial charge in [0.1, 0.15) is 0 Å². The highest BCUT2D eigenvalue weighted by Crippen LogP contribution is 2.08. The van der Waals surface area contributed by atoms with E-state index in [-0.39, 0.29) is 5.91 Å². The molecular weight excluding hydrogens is 210 g/mol. The molecule has 0 rings (SSSR count). The molecule has 0 fully saturated rings. The number of rotatable bonds is 10. The van der Waals surface area contributed by atoms with E-state index in [2.05, 4.69) is 19.8 Å². The molecule has 0 unspecified atom stereocenters. The summed E-state index contributed by atoms with van der Waals surface area (Å²) in [5.41, 5.74) is 0. The van der Waals surface area contributed by atoms with Gasteiger partial charge < -0.3 is 4.90 Å². The molecule has 0 aliphatic carbocycles. The molecule has 0 radical (unpaired) electrons. The summed E-state index contributed by atoms with van der Waals surface area (Å²) >= 11 is 0. The van der Waals surface area contributed by atoms with E-state index in [9.17, 15) is 4.79 Å². The number of terminal acetylenes is 1. The summed E-state index contributed by atoms with van der Waals surface area (Å²) < 4.78 is 0. The van der Waals surface area contributed by atoms with Crippen LogP contribution in [-0.2, 0) is 4.79 Å². The van der Waals surface area contributed by atoms with Crippen LogP contribution in [0.5, 0.6) is 0 Å². The Morgan fingerprint density at radius 3 is 2.29 bits per heavy atom. The Balaban J connectivity index is 3.64. The average Bonchev–Trinajstić information content (AvgIpc) is 2.33. The van der Waals surface area contributed by atoms with Gasteiger partial charge in [-0.2, -0.15) is 0 Å². The van der Waals surface area contributed by atoms with Gasteiger partial charge in [0, 0.05) is 13.0 Å². The second-order valence-corrected chi connectivity index (χ2v) is 4.54. The second-order valence-electron chi connectivity index (χ2n) is 4.54. The summed E-state index contributed by atoms with van der Waals surface area (Å²) in [6, 6.07) is 0. The Morgan fingerprint density at radius 2 is 1.71 bits per heavy atom. The highest BCUT2D eigenvalue weighted by molar-refractivity contribution is 5.76. The molecule has 0 heterocycles. The standard InChI is InChI=1S/C15H27NO/c1-4-7-8-9-10-11-12-15(17)16(13-5-2)14-6-3/h2H,4,6-14H2,1,3H3. The molecule has 0 saturated carbocycles. The van der Waals surface area contributed by atoms with E-state index in [0.717, 1.165) is 19.4 Å². The Labute approximate surface area is 107 Å². The van der Waals surface area contributed by atoms with Gasteiger partial charge in [0.25, 0.3) is 0 Å². The van der Waals surface area contributed by atoms with Gasteiger partial charge in [0.2, 0.25) is 5.91 Å². The number of hydrogen-bond donors (Lipinski definition) is 0. The van der Waals surface area contributed by atoms with Crippen molar-refractivity contribution in [1.29, 1.82) is 0 Å². The Bertz CT molecular complexity index is 230. The number of carbonyl (C=O) groups excluding carboxylic acids is 1. The van der Waals surface area contributed by atoms with Crippen molar-refractivity contribution in [3.8, 4) is 12.3 Å². The lowest BCUT2D eigenvalue weighted by molar-refractivity contribution is -0.130. The predicted octanol–water partition coefficient (Wildman–Crippen LogP) is 3.61. The van der Waals surface area contributed by atoms with Crippen LogP contribution < -0.4 is 0 Å². The summed E-state index contributed by atoms with van der Waals surface area (Å²) in [7, 11) is 0. The van der Waals surface area contributed by atoms with Crippen molar-refractivity contribution in [2.24, 2.45) is 0 Å². The second kappa shape index (κ2) is 11.5. The molecule has 0 aliphatic heterocycles. The fraction of sp³-hybridized carbons (Fsp3) is 0.800. The van der Waals surface area contributed by atoms with Gasteiger partial charge in [-0.1, -0.05) is 51.9 Å². The highest BCUT2D eigenvalue weighted by Gasteiger charge is 2.10. The summed E-state index contributed by atoms with van der Waals surface area (Å²) in [5.74, 6) is 2.78. The van der Waals surface area contributed by atoms with Crippen molar-refractivity contribution < 1.29 is 4.79 Å². The number of amides is 1. The normalized spacial score (nSPS) is 9.94. The monoisotopic (exact) mass is 237 g/mol. The lowest BCUT2D eigenvalue weighted by Gasteiger charge is -2.19. The molecule has 0 N–H and O–H groups in total. The first kappa shape index (κ1) is 16.0. The third kappa shape index (κ3) is 8.80. The van der Waals surface area contributed by atoms with E-state index in [1.165, 1.54) is 32.1 Å². The van der Waals surface area contributed by atoms with Gasteiger partial charge in [0.05, 0.1) is 6.54 Å². The van der Waals surface area contributed by atoms with E-state index in [4.69, 9.17) is 6.42 Å². The summed E-state index contributed by atoms with van der Waals surface area (Å²) in [4.78, 5) is 13.6. The van der Waals surface area contributed by atoms with Gasteiger partial charge >= 0.3 is 0 Å². The van der Waals surface area contributed by atoms with Gasteiger partial charge in [-0.25, -0.2) is 0 Å². The molecule has 1 amide bonds. The highest BCUT2D eigenvalue weighted by atomic mass is 16.2. The van der Waals surface area contributed by atoms with E-state index in [1.807, 2.05) is 0 Å². The fourth-order valence-corrected chi connectivity index (χ4v) is 1.89. The third-order valence-electron chi connectivity index (χ3n) is 2.87. The topological polar surface area (TPSA) is 20.3 Å². The molecule has 17 heavy (non-hydrogen) atoms. The summed E-state index contributed by atoms with van der Waals surface area (Å²) in [5, 5.41) is 0. The van der Waals surface area contributed by atoms with Crippen LogP contribution in [0, 0.1) is 12.3 Å². The molecule has 2 heteroatoms. The van der Waals surface area contributed by atoms with E-state index in [0.29, 0.717) is 13.0 Å². The Kier molecular flexibility index (Phi) is 10.9. The van der Waals surface area contributed by atoms with Gasteiger partial charge in [-0.3, -0.25) is 4.79 Å². The molecular formula is C15H27NO. The van der Waals surface area contributed by atoms with E-state index < -0.39 is 0 Å². The number of hydrogen-bond acceptors (Lipinski definition) is 1. The maximum atomic E-state index is 11.8. The quantitative estimate of drug-likeness (QED) is 0.420. The van der Waals surface area contributed by atoms with Crippen molar-refractivity contribution in [3.05, 3.63) is 0 Å². The molecule has 0 atom stereocenters. The minimum atomic E-state index is 0.222. The molecule has 0 saturated heterocycles. The van der Waals surface area contributed by atoms with Crippen LogP contribution >= 0.6 is 0 Å².